The second-order valence-electron chi connectivity index (χ2n) is 3.50. The molecule has 0 amide bonds. The molecule has 0 spiro atoms. The Morgan fingerprint density at radius 1 is 1.24 bits per heavy atom. The third-order valence-corrected chi connectivity index (χ3v) is 2.38. The van der Waals surface area contributed by atoms with E-state index in [1.54, 1.807) is 0 Å². The van der Waals surface area contributed by atoms with Crippen molar-refractivity contribution in [2.75, 3.05) is 14.2 Å². The number of halogens is 2. The third-order valence-electron chi connectivity index (χ3n) is 2.38. The van der Waals surface area contributed by atoms with Crippen molar-refractivity contribution < 1.29 is 19.0 Å². The van der Waals surface area contributed by atoms with Crippen molar-refractivity contribution >= 4 is 12.4 Å². The molecule has 0 aliphatic rings. The molecule has 1 aromatic carbocycles. The van der Waals surface area contributed by atoms with Gasteiger partial charge in [-0.3, -0.25) is 0 Å². The summed E-state index contributed by atoms with van der Waals surface area (Å²) in [5.74, 6) is 0.155. The molecule has 0 aliphatic heterocycles. The monoisotopic (exact) mass is 265 g/mol. The maximum Gasteiger partial charge on any atom is 0.163 e. The average Bonchev–Trinajstić information content (AvgIpc) is 2.27. The molecule has 0 bridgehead atoms. The number of benzene rings is 1. The van der Waals surface area contributed by atoms with Crippen LogP contribution in [-0.4, -0.2) is 25.4 Å². The second-order valence-corrected chi connectivity index (χ2v) is 3.50. The molecule has 1 rings (SSSR count). The lowest BCUT2D eigenvalue weighted by Crippen LogP contribution is -2.24. The van der Waals surface area contributed by atoms with Crippen molar-refractivity contribution in [1.29, 1.82) is 0 Å². The van der Waals surface area contributed by atoms with Crippen LogP contribution < -0.4 is 15.2 Å². The fraction of sp³-hybridized carbons (Fsp3) is 0.455. The number of rotatable bonds is 4. The number of aliphatic hydroxyl groups excluding tert-OH is 1. The minimum Gasteiger partial charge on any atom is -0.493 e. The summed E-state index contributed by atoms with van der Waals surface area (Å²) in [7, 11) is 2.87. The van der Waals surface area contributed by atoms with E-state index < -0.39 is 18.0 Å². The van der Waals surface area contributed by atoms with Crippen molar-refractivity contribution in [3.63, 3.8) is 0 Å². The van der Waals surface area contributed by atoms with Crippen LogP contribution >= 0.6 is 12.4 Å². The molecule has 0 saturated carbocycles. The maximum absolute atomic E-state index is 13.6. The van der Waals surface area contributed by atoms with Crippen LogP contribution in [0.1, 0.15) is 18.5 Å². The summed E-state index contributed by atoms with van der Waals surface area (Å²) in [4.78, 5) is 0. The highest BCUT2D eigenvalue weighted by Gasteiger charge is 2.19. The topological polar surface area (TPSA) is 64.7 Å². The van der Waals surface area contributed by atoms with Gasteiger partial charge < -0.3 is 20.3 Å². The summed E-state index contributed by atoms with van der Waals surface area (Å²) in [6, 6.07) is 1.84. The molecule has 0 aliphatic carbocycles. The van der Waals surface area contributed by atoms with Gasteiger partial charge in [0.15, 0.2) is 11.5 Å². The fourth-order valence-electron chi connectivity index (χ4n) is 1.39. The summed E-state index contributed by atoms with van der Waals surface area (Å²) < 4.78 is 23.6. The van der Waals surface area contributed by atoms with Gasteiger partial charge in [-0.15, -0.1) is 12.4 Å². The van der Waals surface area contributed by atoms with Crippen molar-refractivity contribution in [2.24, 2.45) is 5.73 Å². The van der Waals surface area contributed by atoms with Crippen LogP contribution in [0.15, 0.2) is 12.1 Å². The molecule has 0 radical (unpaired) electrons. The zero-order chi connectivity index (χ0) is 12.3. The van der Waals surface area contributed by atoms with Crippen molar-refractivity contribution in [3.8, 4) is 11.5 Å². The van der Waals surface area contributed by atoms with Gasteiger partial charge in [0.25, 0.3) is 0 Å². The molecule has 3 N–H and O–H groups in total. The molecule has 0 fully saturated rings. The molecule has 0 unspecified atom stereocenters. The molecule has 0 heterocycles. The Bertz CT molecular complexity index is 374. The van der Waals surface area contributed by atoms with Gasteiger partial charge in [-0.1, -0.05) is 0 Å². The summed E-state index contributed by atoms with van der Waals surface area (Å²) in [6.45, 7) is 1.50. The Morgan fingerprint density at radius 2 is 1.71 bits per heavy atom. The summed E-state index contributed by atoms with van der Waals surface area (Å²) in [5.41, 5.74) is 5.87. The predicted molar refractivity (Wildman–Crippen MR) is 65.4 cm³/mol. The van der Waals surface area contributed by atoms with E-state index in [0.717, 1.165) is 0 Å². The van der Waals surface area contributed by atoms with Crippen LogP contribution in [0.5, 0.6) is 11.5 Å². The highest BCUT2D eigenvalue weighted by molar-refractivity contribution is 5.85. The summed E-state index contributed by atoms with van der Waals surface area (Å²) in [5, 5.41) is 9.33. The molecule has 0 aromatic heterocycles. The van der Waals surface area contributed by atoms with Crippen LogP contribution in [-0.2, 0) is 0 Å². The van der Waals surface area contributed by atoms with Crippen molar-refractivity contribution in [1.82, 2.24) is 0 Å². The van der Waals surface area contributed by atoms with Gasteiger partial charge in [-0.2, -0.15) is 0 Å². The van der Waals surface area contributed by atoms with E-state index in [2.05, 4.69) is 0 Å². The molecule has 0 saturated heterocycles. The highest BCUT2D eigenvalue weighted by Crippen LogP contribution is 2.32. The first-order valence-electron chi connectivity index (χ1n) is 4.86. The number of aliphatic hydroxyl groups is 1. The molecule has 2 atom stereocenters. The molecule has 98 valence electrons. The molecule has 6 heteroatoms. The normalized spacial score (nSPS) is 13.5. The molecule has 17 heavy (non-hydrogen) atoms. The lowest BCUT2D eigenvalue weighted by atomic mass is 10.0. The van der Waals surface area contributed by atoms with Gasteiger partial charge in [0.1, 0.15) is 5.82 Å². The van der Waals surface area contributed by atoms with Gasteiger partial charge >= 0.3 is 0 Å². The first-order valence-corrected chi connectivity index (χ1v) is 4.86. The average molecular weight is 266 g/mol. The van der Waals surface area contributed by atoms with Crippen LogP contribution in [0.3, 0.4) is 0 Å². The number of ether oxygens (including phenoxy) is 2. The van der Waals surface area contributed by atoms with Crippen molar-refractivity contribution in [2.45, 2.75) is 19.1 Å². The van der Waals surface area contributed by atoms with E-state index >= 15 is 0 Å². The van der Waals surface area contributed by atoms with E-state index in [1.165, 1.54) is 33.3 Å². The Labute approximate surface area is 106 Å². The Hall–Kier alpha value is -1.04. The summed E-state index contributed by atoms with van der Waals surface area (Å²) in [6.07, 6.45) is -0.840. The molecular formula is C11H17ClFNO3. The molecule has 1 aromatic rings. The van der Waals surface area contributed by atoms with Crippen molar-refractivity contribution in [3.05, 3.63) is 23.5 Å². The van der Waals surface area contributed by atoms with Crippen LogP contribution in [0.2, 0.25) is 0 Å². The third kappa shape index (κ3) is 3.46. The number of methoxy groups -OCH3 is 2. The van der Waals surface area contributed by atoms with E-state index in [1.807, 2.05) is 0 Å². The first kappa shape index (κ1) is 16.0. The lowest BCUT2D eigenvalue weighted by Gasteiger charge is -2.18. The van der Waals surface area contributed by atoms with Gasteiger partial charge in [-0.25, -0.2) is 4.39 Å². The Morgan fingerprint density at radius 3 is 2.12 bits per heavy atom. The number of nitrogens with two attached hydrogens (primary N) is 1. The predicted octanol–water partition coefficient (Wildman–Crippen LogP) is 1.65. The van der Waals surface area contributed by atoms with Gasteiger partial charge in [0.2, 0.25) is 0 Å². The number of hydrogen-bond donors (Lipinski definition) is 2. The van der Waals surface area contributed by atoms with Crippen LogP contribution in [0.25, 0.3) is 0 Å². The minimum atomic E-state index is -0.840. The summed E-state index contributed by atoms with van der Waals surface area (Å²) >= 11 is 0. The Balaban J connectivity index is 0.00000256. The second kappa shape index (κ2) is 6.64. The van der Waals surface area contributed by atoms with Gasteiger partial charge in [0.05, 0.1) is 26.4 Å². The maximum atomic E-state index is 13.6. The zero-order valence-corrected chi connectivity index (χ0v) is 10.8. The fourth-order valence-corrected chi connectivity index (χ4v) is 1.39. The first-order chi connectivity index (χ1) is 7.51. The molecular weight excluding hydrogens is 249 g/mol. The SMILES string of the molecule is COc1cc(F)c([C@H](N)[C@@H](C)O)cc1OC.Cl. The van der Waals surface area contributed by atoms with Gasteiger partial charge in [0, 0.05) is 11.6 Å². The standard InChI is InChI=1S/C11H16FNO3.ClH/c1-6(14)11(13)7-4-9(15-2)10(16-3)5-8(7)12;/h4-6,11,14H,13H2,1-3H3;1H/t6-,11-;/m1./s1. The molecule has 4 nitrogen and oxygen atoms in total. The van der Waals surface area contributed by atoms with Crippen LogP contribution in [0, 0.1) is 5.82 Å². The van der Waals surface area contributed by atoms with E-state index in [-0.39, 0.29) is 18.0 Å². The van der Waals surface area contributed by atoms with E-state index in [9.17, 15) is 9.50 Å². The van der Waals surface area contributed by atoms with Gasteiger partial charge in [-0.05, 0) is 13.0 Å². The van der Waals surface area contributed by atoms with E-state index in [4.69, 9.17) is 15.2 Å². The number of hydrogen-bond acceptors (Lipinski definition) is 4. The smallest absolute Gasteiger partial charge is 0.163 e. The Kier molecular flexibility index (Phi) is 6.23. The quantitative estimate of drug-likeness (QED) is 0.869. The largest absolute Gasteiger partial charge is 0.493 e. The lowest BCUT2D eigenvalue weighted by molar-refractivity contribution is 0.162. The van der Waals surface area contributed by atoms with Crippen LogP contribution in [0.4, 0.5) is 4.39 Å². The zero-order valence-electron chi connectivity index (χ0n) is 9.94. The van der Waals surface area contributed by atoms with E-state index in [0.29, 0.717) is 11.5 Å². The minimum absolute atomic E-state index is 0. The highest BCUT2D eigenvalue weighted by atomic mass is 35.5.